The lowest BCUT2D eigenvalue weighted by molar-refractivity contribution is -0.115. The Kier molecular flexibility index (Phi) is 5.76. The van der Waals surface area contributed by atoms with E-state index in [0.717, 1.165) is 17.1 Å². The molecule has 1 atom stereocenters. The molecule has 1 aliphatic heterocycles. The molecular formula is C22H23N5O2S. The Morgan fingerprint density at radius 3 is 2.60 bits per heavy atom. The third-order valence-corrected chi connectivity index (χ3v) is 5.73. The number of carbonyl (C=O) groups excluding carboxylic acids is 1. The molecule has 1 aliphatic rings. The van der Waals surface area contributed by atoms with Crippen LogP contribution in [0.5, 0.6) is 5.75 Å². The molecule has 2 heterocycles. The van der Waals surface area contributed by atoms with Crippen molar-refractivity contribution in [1.29, 1.82) is 0 Å². The number of nitrogens with one attached hydrogen (secondary N) is 1. The van der Waals surface area contributed by atoms with E-state index in [2.05, 4.69) is 27.5 Å². The van der Waals surface area contributed by atoms with Crippen molar-refractivity contribution < 1.29 is 9.53 Å². The van der Waals surface area contributed by atoms with Gasteiger partial charge in [-0.05, 0) is 37.1 Å². The standard InChI is InChI=1S/C22H23N5O2S/c1-3-29-17-11-9-16(10-12-17)19-18(20(23)28)14(2)24-21-25-22(26-27(19)21)30-13-15-7-5-4-6-8-15/h4-12,19H,3,13H2,1-2H3,(H2,23,28)(H,24,25,26)/t19-/m1/s1. The molecule has 4 rings (SSSR count). The van der Waals surface area contributed by atoms with Gasteiger partial charge in [0.2, 0.25) is 17.0 Å². The molecule has 7 nitrogen and oxygen atoms in total. The van der Waals surface area contributed by atoms with Gasteiger partial charge in [0.1, 0.15) is 11.8 Å². The highest BCUT2D eigenvalue weighted by Crippen LogP contribution is 2.36. The van der Waals surface area contributed by atoms with Crippen molar-refractivity contribution >= 4 is 23.6 Å². The third kappa shape index (κ3) is 4.04. The summed E-state index contributed by atoms with van der Waals surface area (Å²) in [7, 11) is 0. The molecule has 1 amide bonds. The van der Waals surface area contributed by atoms with Crippen LogP contribution < -0.4 is 15.8 Å². The van der Waals surface area contributed by atoms with Gasteiger partial charge >= 0.3 is 0 Å². The van der Waals surface area contributed by atoms with Gasteiger partial charge in [0.25, 0.3) is 0 Å². The van der Waals surface area contributed by atoms with E-state index in [1.807, 2.05) is 56.3 Å². The second-order valence-electron chi connectivity index (χ2n) is 6.87. The fraction of sp³-hybridized carbons (Fsp3) is 0.227. The zero-order chi connectivity index (χ0) is 21.1. The predicted molar refractivity (Wildman–Crippen MR) is 117 cm³/mol. The van der Waals surface area contributed by atoms with Gasteiger partial charge in [-0.1, -0.05) is 54.2 Å². The number of rotatable bonds is 7. The molecule has 3 aromatic rings. The molecule has 0 radical (unpaired) electrons. The Bertz CT molecular complexity index is 1080. The van der Waals surface area contributed by atoms with Crippen LogP contribution in [-0.4, -0.2) is 27.3 Å². The summed E-state index contributed by atoms with van der Waals surface area (Å²) < 4.78 is 7.27. The minimum absolute atomic E-state index is 0.451. The number of thioether (sulfide) groups is 1. The lowest BCUT2D eigenvalue weighted by atomic mass is 9.95. The van der Waals surface area contributed by atoms with Gasteiger partial charge in [0.15, 0.2) is 0 Å². The van der Waals surface area contributed by atoms with Crippen LogP contribution in [0.1, 0.15) is 31.0 Å². The number of hydrogen-bond donors (Lipinski definition) is 2. The number of anilines is 1. The second-order valence-corrected chi connectivity index (χ2v) is 7.81. The summed E-state index contributed by atoms with van der Waals surface area (Å²) in [6.07, 6.45) is 0. The van der Waals surface area contributed by atoms with Crippen LogP contribution in [-0.2, 0) is 10.5 Å². The Morgan fingerprint density at radius 2 is 1.93 bits per heavy atom. The molecule has 1 aromatic heterocycles. The van der Waals surface area contributed by atoms with Crippen molar-refractivity contribution in [2.75, 3.05) is 11.9 Å². The maximum Gasteiger partial charge on any atom is 0.248 e. The monoisotopic (exact) mass is 421 g/mol. The first-order valence-corrected chi connectivity index (χ1v) is 10.7. The number of primary amides is 1. The molecule has 8 heteroatoms. The number of benzene rings is 2. The van der Waals surface area contributed by atoms with Crippen LogP contribution in [0, 0.1) is 0 Å². The SMILES string of the molecule is CCOc1ccc([C@@H]2C(C(N)=O)=C(C)Nc3nc(SCc4ccccc4)nn32)cc1. The van der Waals surface area contributed by atoms with Crippen molar-refractivity contribution in [1.82, 2.24) is 14.8 Å². The van der Waals surface area contributed by atoms with Crippen LogP contribution in [0.2, 0.25) is 0 Å². The molecule has 154 valence electrons. The molecule has 0 aliphatic carbocycles. The van der Waals surface area contributed by atoms with Gasteiger partial charge in [-0.3, -0.25) is 4.79 Å². The molecular weight excluding hydrogens is 398 g/mol. The summed E-state index contributed by atoms with van der Waals surface area (Å²) in [6.45, 7) is 4.36. The van der Waals surface area contributed by atoms with Gasteiger partial charge in [-0.15, -0.1) is 5.10 Å². The summed E-state index contributed by atoms with van der Waals surface area (Å²) in [5.74, 6) is 1.63. The van der Waals surface area contributed by atoms with Crippen molar-refractivity contribution in [3.63, 3.8) is 0 Å². The summed E-state index contributed by atoms with van der Waals surface area (Å²) in [4.78, 5) is 16.9. The highest BCUT2D eigenvalue weighted by molar-refractivity contribution is 7.98. The van der Waals surface area contributed by atoms with Gasteiger partial charge in [-0.25, -0.2) is 4.68 Å². The molecule has 2 aromatic carbocycles. The molecule has 0 fully saturated rings. The largest absolute Gasteiger partial charge is 0.494 e. The van der Waals surface area contributed by atoms with Crippen LogP contribution >= 0.6 is 11.8 Å². The van der Waals surface area contributed by atoms with Gasteiger partial charge in [0, 0.05) is 11.4 Å². The molecule has 3 N–H and O–H groups in total. The predicted octanol–water partition coefficient (Wildman–Crippen LogP) is 3.74. The first-order valence-electron chi connectivity index (χ1n) is 9.70. The maximum absolute atomic E-state index is 12.3. The van der Waals surface area contributed by atoms with Gasteiger partial charge in [0.05, 0.1) is 12.2 Å². The van der Waals surface area contributed by atoms with E-state index in [-0.39, 0.29) is 0 Å². The topological polar surface area (TPSA) is 95.1 Å². The summed E-state index contributed by atoms with van der Waals surface area (Å²) in [6, 6.07) is 17.3. The van der Waals surface area contributed by atoms with Gasteiger partial charge in [-0.2, -0.15) is 4.98 Å². The smallest absolute Gasteiger partial charge is 0.248 e. The van der Waals surface area contributed by atoms with Crippen molar-refractivity contribution in [2.24, 2.45) is 5.73 Å². The van der Waals surface area contributed by atoms with E-state index in [1.54, 1.807) is 16.4 Å². The van der Waals surface area contributed by atoms with E-state index < -0.39 is 11.9 Å². The Morgan fingerprint density at radius 1 is 1.20 bits per heavy atom. The summed E-state index contributed by atoms with van der Waals surface area (Å²) in [5.41, 5.74) is 8.96. The average Bonchev–Trinajstić information content (AvgIpc) is 3.15. The fourth-order valence-electron chi connectivity index (χ4n) is 3.46. The first kappa shape index (κ1) is 20.0. The van der Waals surface area contributed by atoms with Crippen molar-refractivity contribution in [2.45, 2.75) is 30.8 Å². The molecule has 0 saturated carbocycles. The first-order chi connectivity index (χ1) is 14.6. The molecule has 0 bridgehead atoms. The van der Waals surface area contributed by atoms with Crippen LogP contribution in [0.4, 0.5) is 5.95 Å². The van der Waals surface area contributed by atoms with Crippen molar-refractivity contribution in [3.8, 4) is 5.75 Å². The zero-order valence-electron chi connectivity index (χ0n) is 16.8. The van der Waals surface area contributed by atoms with E-state index >= 15 is 0 Å². The Balaban J connectivity index is 1.67. The quantitative estimate of drug-likeness (QED) is 0.564. The lowest BCUT2D eigenvalue weighted by Gasteiger charge is -2.27. The number of hydrogen-bond acceptors (Lipinski definition) is 6. The highest BCUT2D eigenvalue weighted by Gasteiger charge is 2.33. The summed E-state index contributed by atoms with van der Waals surface area (Å²) >= 11 is 1.55. The minimum atomic E-state index is -0.487. The van der Waals surface area contributed by atoms with Gasteiger partial charge < -0.3 is 15.8 Å². The lowest BCUT2D eigenvalue weighted by Crippen LogP contribution is -2.31. The van der Waals surface area contributed by atoms with Crippen LogP contribution in [0.25, 0.3) is 0 Å². The van der Waals surface area contributed by atoms with E-state index in [1.165, 1.54) is 5.56 Å². The third-order valence-electron chi connectivity index (χ3n) is 4.82. The molecule has 0 saturated heterocycles. The van der Waals surface area contributed by atoms with E-state index in [0.29, 0.717) is 29.0 Å². The fourth-order valence-corrected chi connectivity index (χ4v) is 4.24. The van der Waals surface area contributed by atoms with E-state index in [9.17, 15) is 4.79 Å². The second kappa shape index (κ2) is 8.62. The molecule has 30 heavy (non-hydrogen) atoms. The van der Waals surface area contributed by atoms with E-state index in [4.69, 9.17) is 10.5 Å². The Labute approximate surface area is 179 Å². The zero-order valence-corrected chi connectivity index (χ0v) is 17.6. The number of ether oxygens (including phenoxy) is 1. The number of allylic oxidation sites excluding steroid dienone is 1. The molecule has 0 unspecified atom stereocenters. The highest BCUT2D eigenvalue weighted by atomic mass is 32.2. The maximum atomic E-state index is 12.3. The van der Waals surface area contributed by atoms with Crippen molar-refractivity contribution in [3.05, 3.63) is 77.0 Å². The number of nitrogens with zero attached hydrogens (tertiary/aromatic N) is 3. The normalized spacial score (nSPS) is 15.5. The minimum Gasteiger partial charge on any atom is -0.494 e. The van der Waals surface area contributed by atoms with Crippen LogP contribution in [0.15, 0.2) is 71.0 Å². The van der Waals surface area contributed by atoms with Crippen LogP contribution in [0.3, 0.4) is 0 Å². The number of aromatic nitrogens is 3. The number of carbonyl (C=O) groups is 1. The average molecular weight is 422 g/mol. The number of fused-ring (bicyclic) bond motifs is 1. The number of nitrogens with two attached hydrogens (primary N) is 1. The number of amides is 1. The summed E-state index contributed by atoms with van der Waals surface area (Å²) in [5, 5.41) is 8.49. The Hall–Kier alpha value is -3.26. The molecule has 0 spiro atoms.